The van der Waals surface area contributed by atoms with Crippen molar-refractivity contribution >= 4 is 11.6 Å². The molecular weight excluding hydrogens is 386 g/mol. The van der Waals surface area contributed by atoms with Crippen molar-refractivity contribution in [1.82, 2.24) is 4.98 Å². The first-order chi connectivity index (χ1) is 14.8. The summed E-state index contributed by atoms with van der Waals surface area (Å²) in [5, 5.41) is 0.700. The maximum Gasteiger partial charge on any atom is 0.0709 e. The highest BCUT2D eigenvalue weighted by molar-refractivity contribution is 6.33. The first-order valence-corrected chi connectivity index (χ1v) is 11.1. The summed E-state index contributed by atoms with van der Waals surface area (Å²) in [5.41, 5.74) is 10.3. The lowest BCUT2D eigenvalue weighted by molar-refractivity contribution is 0.550. The molecule has 1 saturated carbocycles. The molecule has 30 heavy (non-hydrogen) atoms. The third-order valence-electron chi connectivity index (χ3n) is 6.96. The first-order valence-electron chi connectivity index (χ1n) is 10.7. The lowest BCUT2D eigenvalue weighted by Crippen LogP contribution is -2.20. The zero-order chi connectivity index (χ0) is 20.1. The van der Waals surface area contributed by atoms with Gasteiger partial charge in [-0.25, -0.2) is 0 Å². The molecule has 0 bridgehead atoms. The van der Waals surface area contributed by atoms with E-state index in [0.29, 0.717) is 5.02 Å². The van der Waals surface area contributed by atoms with Gasteiger partial charge in [0.2, 0.25) is 0 Å². The van der Waals surface area contributed by atoms with E-state index in [1.54, 1.807) is 6.20 Å². The number of aromatic nitrogens is 1. The van der Waals surface area contributed by atoms with E-state index in [-0.39, 0.29) is 5.41 Å². The number of hydrogen-bond acceptors (Lipinski definition) is 1. The Labute approximate surface area is 182 Å². The van der Waals surface area contributed by atoms with Crippen LogP contribution in [-0.2, 0) is 5.41 Å². The maximum absolute atomic E-state index is 6.65. The van der Waals surface area contributed by atoms with Crippen LogP contribution in [0, 0.1) is 0 Å². The lowest BCUT2D eigenvalue weighted by atomic mass is 9.76. The number of hydrogen-bond donors (Lipinski definition) is 0. The third kappa shape index (κ3) is 2.58. The van der Waals surface area contributed by atoms with E-state index < -0.39 is 0 Å². The highest BCUT2D eigenvalue weighted by Crippen LogP contribution is 2.57. The highest BCUT2D eigenvalue weighted by atomic mass is 35.5. The van der Waals surface area contributed by atoms with E-state index in [1.165, 1.54) is 53.5 Å². The van der Waals surface area contributed by atoms with E-state index in [0.717, 1.165) is 16.8 Å². The Balaban J connectivity index is 1.52. The van der Waals surface area contributed by atoms with E-state index in [2.05, 4.69) is 65.6 Å². The summed E-state index contributed by atoms with van der Waals surface area (Å²) >= 11 is 6.65. The number of fused-ring (bicyclic) bond motifs is 5. The molecule has 0 unspecified atom stereocenters. The fourth-order valence-corrected chi connectivity index (χ4v) is 5.78. The van der Waals surface area contributed by atoms with Crippen molar-refractivity contribution in [2.75, 3.05) is 0 Å². The summed E-state index contributed by atoms with van der Waals surface area (Å²) in [5.74, 6) is 0. The van der Waals surface area contributed by atoms with Gasteiger partial charge in [0.25, 0.3) is 0 Å². The van der Waals surface area contributed by atoms with Gasteiger partial charge in [0.05, 0.1) is 10.7 Å². The lowest BCUT2D eigenvalue weighted by Gasteiger charge is -2.27. The van der Waals surface area contributed by atoms with Crippen LogP contribution in [0.15, 0.2) is 85.1 Å². The number of pyridine rings is 1. The zero-order valence-electron chi connectivity index (χ0n) is 16.7. The number of benzene rings is 3. The van der Waals surface area contributed by atoms with Crippen molar-refractivity contribution in [2.45, 2.75) is 31.1 Å². The quantitative estimate of drug-likeness (QED) is 0.329. The van der Waals surface area contributed by atoms with Crippen LogP contribution in [0.5, 0.6) is 0 Å². The van der Waals surface area contributed by atoms with Gasteiger partial charge in [-0.05, 0) is 52.8 Å². The monoisotopic (exact) mass is 407 g/mol. The van der Waals surface area contributed by atoms with Gasteiger partial charge in [-0.1, -0.05) is 91.2 Å². The standard InChI is InChI=1S/C28H22ClN/c29-26-18-30-27(19-8-2-1-3-9-19)17-23(26)20-12-13-22-21-10-4-5-11-24(21)28(25(22)16-20)14-6-7-15-28/h1-5,8-13,16-18H,6-7,14-15H2. The molecule has 0 atom stereocenters. The third-order valence-corrected chi connectivity index (χ3v) is 7.26. The van der Waals surface area contributed by atoms with Crippen molar-refractivity contribution in [3.05, 3.63) is 101 Å². The van der Waals surface area contributed by atoms with E-state index >= 15 is 0 Å². The van der Waals surface area contributed by atoms with Crippen molar-refractivity contribution in [2.24, 2.45) is 0 Å². The minimum absolute atomic E-state index is 0.170. The van der Waals surface area contributed by atoms with Crippen molar-refractivity contribution in [3.8, 4) is 33.5 Å². The average molecular weight is 408 g/mol. The summed E-state index contributed by atoms with van der Waals surface area (Å²) < 4.78 is 0. The second kappa shape index (κ2) is 6.82. The molecule has 4 aromatic rings. The predicted molar refractivity (Wildman–Crippen MR) is 125 cm³/mol. The molecule has 1 aromatic heterocycles. The van der Waals surface area contributed by atoms with Gasteiger partial charge >= 0.3 is 0 Å². The number of halogens is 1. The normalized spacial score (nSPS) is 15.9. The highest BCUT2D eigenvalue weighted by Gasteiger charge is 2.44. The first kappa shape index (κ1) is 17.9. The maximum atomic E-state index is 6.65. The Morgan fingerprint density at radius 3 is 2.23 bits per heavy atom. The Morgan fingerprint density at radius 1 is 0.667 bits per heavy atom. The van der Waals surface area contributed by atoms with Gasteiger partial charge in [-0.15, -0.1) is 0 Å². The Bertz CT molecular complexity index is 1250. The molecule has 3 aromatic carbocycles. The van der Waals surface area contributed by atoms with Crippen LogP contribution in [0.2, 0.25) is 5.02 Å². The van der Waals surface area contributed by atoms with Gasteiger partial charge in [0.1, 0.15) is 0 Å². The zero-order valence-corrected chi connectivity index (χ0v) is 17.5. The van der Waals surface area contributed by atoms with Crippen LogP contribution in [0.25, 0.3) is 33.5 Å². The minimum Gasteiger partial charge on any atom is -0.255 e. The number of nitrogens with zero attached hydrogens (tertiary/aromatic N) is 1. The molecule has 1 spiro atoms. The summed E-state index contributed by atoms with van der Waals surface area (Å²) in [7, 11) is 0. The molecule has 1 fully saturated rings. The minimum atomic E-state index is 0.170. The smallest absolute Gasteiger partial charge is 0.0709 e. The summed E-state index contributed by atoms with van der Waals surface area (Å²) in [4.78, 5) is 4.58. The van der Waals surface area contributed by atoms with Crippen LogP contribution in [0.1, 0.15) is 36.8 Å². The fourth-order valence-electron chi connectivity index (χ4n) is 5.57. The van der Waals surface area contributed by atoms with Crippen LogP contribution < -0.4 is 0 Å². The Kier molecular flexibility index (Phi) is 4.07. The van der Waals surface area contributed by atoms with Crippen LogP contribution in [0.3, 0.4) is 0 Å². The van der Waals surface area contributed by atoms with Crippen LogP contribution in [-0.4, -0.2) is 4.98 Å². The molecule has 0 amide bonds. The molecular formula is C28H22ClN. The average Bonchev–Trinajstić information content (AvgIpc) is 3.40. The van der Waals surface area contributed by atoms with E-state index in [1.807, 2.05) is 18.2 Å². The Morgan fingerprint density at radius 2 is 1.40 bits per heavy atom. The topological polar surface area (TPSA) is 12.9 Å². The molecule has 1 heterocycles. The summed E-state index contributed by atoms with van der Waals surface area (Å²) in [6, 6.07) is 28.3. The van der Waals surface area contributed by atoms with E-state index in [9.17, 15) is 0 Å². The fraction of sp³-hybridized carbons (Fsp3) is 0.179. The molecule has 0 radical (unpaired) electrons. The molecule has 2 heteroatoms. The van der Waals surface area contributed by atoms with E-state index in [4.69, 9.17) is 11.6 Å². The molecule has 2 aliphatic carbocycles. The van der Waals surface area contributed by atoms with Gasteiger partial charge in [-0.3, -0.25) is 4.98 Å². The van der Waals surface area contributed by atoms with Gasteiger partial charge in [0.15, 0.2) is 0 Å². The SMILES string of the molecule is Clc1cnc(-c2ccccc2)cc1-c1ccc2c(c1)C1(CCCC1)c1ccccc1-2. The predicted octanol–water partition coefficient (Wildman–Crippen LogP) is 7.91. The molecule has 146 valence electrons. The van der Waals surface area contributed by atoms with Crippen molar-refractivity contribution < 1.29 is 0 Å². The molecule has 6 rings (SSSR count). The molecule has 0 N–H and O–H groups in total. The molecule has 2 aliphatic rings. The van der Waals surface area contributed by atoms with Gasteiger partial charge in [0, 0.05) is 22.7 Å². The van der Waals surface area contributed by atoms with Crippen LogP contribution in [0.4, 0.5) is 0 Å². The van der Waals surface area contributed by atoms with Crippen molar-refractivity contribution in [1.29, 1.82) is 0 Å². The second-order valence-electron chi connectivity index (χ2n) is 8.51. The molecule has 1 nitrogen and oxygen atoms in total. The van der Waals surface area contributed by atoms with Gasteiger partial charge < -0.3 is 0 Å². The summed E-state index contributed by atoms with van der Waals surface area (Å²) in [6.45, 7) is 0. The Hall–Kier alpha value is -2.90. The summed E-state index contributed by atoms with van der Waals surface area (Å²) in [6.07, 6.45) is 6.85. The number of rotatable bonds is 2. The molecule has 0 saturated heterocycles. The second-order valence-corrected chi connectivity index (χ2v) is 8.92. The van der Waals surface area contributed by atoms with Gasteiger partial charge in [-0.2, -0.15) is 0 Å². The van der Waals surface area contributed by atoms with Crippen LogP contribution >= 0.6 is 11.6 Å². The van der Waals surface area contributed by atoms with Crippen molar-refractivity contribution in [3.63, 3.8) is 0 Å². The molecule has 0 aliphatic heterocycles. The largest absolute Gasteiger partial charge is 0.255 e.